The van der Waals surface area contributed by atoms with Gasteiger partial charge in [0.2, 0.25) is 11.8 Å². The van der Waals surface area contributed by atoms with E-state index in [4.69, 9.17) is 11.6 Å². The Bertz CT molecular complexity index is 517. The third-order valence-electron chi connectivity index (χ3n) is 3.47. The summed E-state index contributed by atoms with van der Waals surface area (Å²) in [5, 5.41) is 3.48. The molecular formula is C15H19ClN2O2. The molecule has 0 radical (unpaired) electrons. The number of benzene rings is 1. The number of halogens is 1. The summed E-state index contributed by atoms with van der Waals surface area (Å²) in [6.07, 6.45) is 3.50. The third kappa shape index (κ3) is 3.97. The number of rotatable bonds is 3. The summed E-state index contributed by atoms with van der Waals surface area (Å²) in [7, 11) is 0. The Morgan fingerprint density at radius 1 is 1.35 bits per heavy atom. The topological polar surface area (TPSA) is 49.4 Å². The van der Waals surface area contributed by atoms with Crippen LogP contribution >= 0.6 is 11.6 Å². The van der Waals surface area contributed by atoms with Crippen molar-refractivity contribution in [2.75, 3.05) is 18.4 Å². The van der Waals surface area contributed by atoms with Crippen LogP contribution in [0.2, 0.25) is 5.02 Å². The summed E-state index contributed by atoms with van der Waals surface area (Å²) in [5.41, 5.74) is 1.65. The van der Waals surface area contributed by atoms with Crippen LogP contribution in [0.15, 0.2) is 18.2 Å². The number of carbonyl (C=O) groups excluding carboxylic acids is 2. The monoisotopic (exact) mass is 294 g/mol. The van der Waals surface area contributed by atoms with Crippen LogP contribution < -0.4 is 5.32 Å². The maximum atomic E-state index is 12.0. The highest BCUT2D eigenvalue weighted by Gasteiger charge is 2.19. The summed E-state index contributed by atoms with van der Waals surface area (Å²) < 4.78 is 0. The Morgan fingerprint density at radius 3 is 2.90 bits per heavy atom. The number of hydrogen-bond acceptors (Lipinski definition) is 2. The van der Waals surface area contributed by atoms with Crippen LogP contribution in [0.5, 0.6) is 0 Å². The van der Waals surface area contributed by atoms with Gasteiger partial charge in [-0.15, -0.1) is 0 Å². The van der Waals surface area contributed by atoms with Crippen molar-refractivity contribution in [2.24, 2.45) is 0 Å². The number of carbonyl (C=O) groups is 2. The van der Waals surface area contributed by atoms with Gasteiger partial charge in [-0.3, -0.25) is 9.59 Å². The molecule has 1 aliphatic heterocycles. The van der Waals surface area contributed by atoms with E-state index in [2.05, 4.69) is 5.32 Å². The molecule has 2 amide bonds. The van der Waals surface area contributed by atoms with E-state index in [1.165, 1.54) is 0 Å². The molecule has 4 nitrogen and oxygen atoms in total. The van der Waals surface area contributed by atoms with E-state index in [1.54, 1.807) is 23.1 Å². The lowest BCUT2D eigenvalue weighted by Crippen LogP contribution is -2.37. The van der Waals surface area contributed by atoms with Gasteiger partial charge in [-0.1, -0.05) is 18.0 Å². The van der Waals surface area contributed by atoms with Crippen molar-refractivity contribution in [3.63, 3.8) is 0 Å². The second-order valence-corrected chi connectivity index (χ2v) is 5.57. The number of nitrogens with one attached hydrogen (secondary N) is 1. The Kier molecular flexibility index (Phi) is 5.01. The Labute approximate surface area is 124 Å². The largest absolute Gasteiger partial charge is 0.333 e. The van der Waals surface area contributed by atoms with Gasteiger partial charge >= 0.3 is 0 Å². The van der Waals surface area contributed by atoms with E-state index < -0.39 is 0 Å². The first-order chi connectivity index (χ1) is 9.56. The zero-order chi connectivity index (χ0) is 14.5. The molecule has 0 bridgehead atoms. The fourth-order valence-electron chi connectivity index (χ4n) is 2.34. The van der Waals surface area contributed by atoms with Gasteiger partial charge in [0.15, 0.2) is 0 Å². The van der Waals surface area contributed by atoms with Gasteiger partial charge in [0, 0.05) is 23.7 Å². The molecule has 0 unspecified atom stereocenters. The number of aryl methyl sites for hydroxylation is 1. The van der Waals surface area contributed by atoms with Crippen molar-refractivity contribution >= 4 is 29.1 Å². The zero-order valence-electron chi connectivity index (χ0n) is 11.6. The lowest BCUT2D eigenvalue weighted by atomic mass is 10.2. The SMILES string of the molecule is Cc1cc(Cl)ccc1NC(=O)CN1CCCCCC1=O. The zero-order valence-corrected chi connectivity index (χ0v) is 12.4. The highest BCUT2D eigenvalue weighted by atomic mass is 35.5. The van der Waals surface area contributed by atoms with Gasteiger partial charge in [-0.05, 0) is 43.5 Å². The molecule has 1 N–H and O–H groups in total. The average Bonchev–Trinajstić information content (AvgIpc) is 2.59. The van der Waals surface area contributed by atoms with Crippen LogP contribution in [0.1, 0.15) is 31.2 Å². The summed E-state index contributed by atoms with van der Waals surface area (Å²) in [5.74, 6) is -0.0869. The van der Waals surface area contributed by atoms with Gasteiger partial charge in [0.1, 0.15) is 0 Å². The standard InChI is InChI=1S/C15H19ClN2O2/c1-11-9-12(16)6-7-13(11)17-14(19)10-18-8-4-2-3-5-15(18)20/h6-7,9H,2-5,8,10H2,1H3,(H,17,19). The highest BCUT2D eigenvalue weighted by Crippen LogP contribution is 2.19. The van der Waals surface area contributed by atoms with E-state index in [0.717, 1.165) is 30.5 Å². The second kappa shape index (κ2) is 6.75. The van der Waals surface area contributed by atoms with Crippen LogP contribution in [0, 0.1) is 6.92 Å². The molecule has 0 saturated carbocycles. The third-order valence-corrected chi connectivity index (χ3v) is 3.70. The minimum atomic E-state index is -0.161. The van der Waals surface area contributed by atoms with Gasteiger partial charge in [0.05, 0.1) is 6.54 Å². The minimum absolute atomic E-state index is 0.0745. The molecule has 5 heteroatoms. The van der Waals surface area contributed by atoms with Crippen molar-refractivity contribution < 1.29 is 9.59 Å². The van der Waals surface area contributed by atoms with E-state index in [1.807, 2.05) is 6.92 Å². The van der Waals surface area contributed by atoms with Gasteiger partial charge in [-0.2, -0.15) is 0 Å². The van der Waals surface area contributed by atoms with Crippen LogP contribution in [0.3, 0.4) is 0 Å². The predicted molar refractivity (Wildman–Crippen MR) is 79.9 cm³/mol. The normalized spacial score (nSPS) is 15.9. The summed E-state index contributed by atoms with van der Waals surface area (Å²) >= 11 is 5.88. The maximum absolute atomic E-state index is 12.0. The van der Waals surface area contributed by atoms with E-state index in [0.29, 0.717) is 18.0 Å². The fourth-order valence-corrected chi connectivity index (χ4v) is 2.56. The maximum Gasteiger partial charge on any atom is 0.244 e. The first-order valence-electron chi connectivity index (χ1n) is 6.90. The second-order valence-electron chi connectivity index (χ2n) is 5.13. The van der Waals surface area contributed by atoms with Crippen LogP contribution in [0.4, 0.5) is 5.69 Å². The molecule has 1 aromatic rings. The molecule has 1 heterocycles. The highest BCUT2D eigenvalue weighted by molar-refractivity contribution is 6.30. The van der Waals surface area contributed by atoms with Gasteiger partial charge in [0.25, 0.3) is 0 Å². The summed E-state index contributed by atoms with van der Waals surface area (Å²) in [6.45, 7) is 2.69. The van der Waals surface area contributed by atoms with E-state index in [9.17, 15) is 9.59 Å². The first kappa shape index (κ1) is 14.9. The molecule has 2 rings (SSSR count). The number of hydrogen-bond donors (Lipinski definition) is 1. The lowest BCUT2D eigenvalue weighted by Gasteiger charge is -2.20. The quantitative estimate of drug-likeness (QED) is 0.931. The lowest BCUT2D eigenvalue weighted by molar-refractivity contribution is -0.134. The molecule has 0 spiro atoms. The van der Waals surface area contributed by atoms with Crippen LogP contribution in [0.25, 0.3) is 0 Å². The molecule has 0 atom stereocenters. The smallest absolute Gasteiger partial charge is 0.244 e. The molecule has 1 aromatic carbocycles. The Hall–Kier alpha value is -1.55. The van der Waals surface area contributed by atoms with Crippen molar-refractivity contribution in [1.82, 2.24) is 4.90 Å². The molecular weight excluding hydrogens is 276 g/mol. The Balaban J connectivity index is 1.96. The van der Waals surface area contributed by atoms with Crippen LogP contribution in [-0.4, -0.2) is 29.8 Å². The molecule has 0 aromatic heterocycles. The number of anilines is 1. The minimum Gasteiger partial charge on any atom is -0.333 e. The number of nitrogens with zero attached hydrogens (tertiary/aromatic N) is 1. The van der Waals surface area contributed by atoms with Crippen molar-refractivity contribution in [3.05, 3.63) is 28.8 Å². The Morgan fingerprint density at radius 2 is 2.15 bits per heavy atom. The van der Waals surface area contributed by atoms with Crippen LogP contribution in [-0.2, 0) is 9.59 Å². The molecule has 1 aliphatic rings. The molecule has 0 aliphatic carbocycles. The van der Waals surface area contributed by atoms with Crippen molar-refractivity contribution in [3.8, 4) is 0 Å². The van der Waals surface area contributed by atoms with Crippen molar-refractivity contribution in [2.45, 2.75) is 32.6 Å². The van der Waals surface area contributed by atoms with Crippen molar-refractivity contribution in [1.29, 1.82) is 0 Å². The number of likely N-dealkylation sites (tertiary alicyclic amines) is 1. The first-order valence-corrected chi connectivity index (χ1v) is 7.28. The molecule has 108 valence electrons. The van der Waals surface area contributed by atoms with E-state index in [-0.39, 0.29) is 18.4 Å². The fraction of sp³-hybridized carbons (Fsp3) is 0.467. The predicted octanol–water partition coefficient (Wildman–Crippen LogP) is 2.99. The average molecular weight is 295 g/mol. The van der Waals surface area contributed by atoms with Gasteiger partial charge in [-0.25, -0.2) is 0 Å². The molecule has 20 heavy (non-hydrogen) atoms. The van der Waals surface area contributed by atoms with E-state index >= 15 is 0 Å². The summed E-state index contributed by atoms with van der Waals surface area (Å²) in [6, 6.07) is 5.31. The molecule has 1 fully saturated rings. The summed E-state index contributed by atoms with van der Waals surface area (Å²) in [4.78, 5) is 25.5. The number of amides is 2. The van der Waals surface area contributed by atoms with Gasteiger partial charge < -0.3 is 10.2 Å². The molecule has 1 saturated heterocycles.